The number of fused-ring (bicyclic) bond motifs is 1. The molecule has 3 N–H and O–H groups in total. The molecule has 1 fully saturated rings. The Kier molecular flexibility index (Phi) is 5.99. The van der Waals surface area contributed by atoms with Gasteiger partial charge in [-0.15, -0.1) is 0 Å². The summed E-state index contributed by atoms with van der Waals surface area (Å²) in [6.45, 7) is 3.65. The first-order chi connectivity index (χ1) is 16.7. The second kappa shape index (κ2) is 8.86. The lowest BCUT2D eigenvalue weighted by Crippen LogP contribution is -2.42. The number of nitrogen functional groups attached to an aromatic ring is 1. The van der Waals surface area contributed by atoms with E-state index < -0.39 is 11.2 Å². The van der Waals surface area contributed by atoms with E-state index in [1.54, 1.807) is 6.20 Å². The first kappa shape index (κ1) is 23.7. The zero-order valence-electron chi connectivity index (χ0n) is 19.9. The van der Waals surface area contributed by atoms with Gasteiger partial charge in [0.2, 0.25) is 5.43 Å². The van der Waals surface area contributed by atoms with Crippen molar-refractivity contribution in [3.05, 3.63) is 62.7 Å². The fourth-order valence-corrected chi connectivity index (χ4v) is 5.76. The van der Waals surface area contributed by atoms with Crippen LogP contribution < -0.4 is 21.2 Å². The van der Waals surface area contributed by atoms with Crippen molar-refractivity contribution in [2.24, 2.45) is 0 Å². The maximum atomic E-state index is 15.7. The van der Waals surface area contributed by atoms with E-state index in [0.717, 1.165) is 31.2 Å². The minimum atomic E-state index is -0.733. The number of hydrogen-bond donors (Lipinski definition) is 2. The van der Waals surface area contributed by atoms with Gasteiger partial charge in [-0.25, -0.2) is 4.39 Å². The summed E-state index contributed by atoms with van der Waals surface area (Å²) in [5.74, 6) is -0.818. The van der Waals surface area contributed by atoms with E-state index in [1.165, 1.54) is 6.92 Å². The minimum Gasteiger partial charge on any atom is -0.487 e. The van der Waals surface area contributed by atoms with Crippen LogP contribution in [-0.2, 0) is 12.0 Å². The van der Waals surface area contributed by atoms with E-state index in [-0.39, 0.29) is 45.4 Å². The van der Waals surface area contributed by atoms with Gasteiger partial charge in [0.15, 0.2) is 17.3 Å². The Balaban J connectivity index is 1.61. The van der Waals surface area contributed by atoms with Crippen LogP contribution in [0, 0.1) is 5.82 Å². The third-order valence-electron chi connectivity index (χ3n) is 7.48. The van der Waals surface area contributed by atoms with E-state index in [9.17, 15) is 9.59 Å². The Bertz CT molecular complexity index is 1390. The highest BCUT2D eigenvalue weighted by molar-refractivity contribution is 6.31. The fraction of sp³-hybridized carbons (Fsp3) is 0.407. The summed E-state index contributed by atoms with van der Waals surface area (Å²) in [5.41, 5.74) is 6.71. The summed E-state index contributed by atoms with van der Waals surface area (Å²) < 4.78 is 23.9. The van der Waals surface area contributed by atoms with Crippen molar-refractivity contribution in [1.82, 2.24) is 4.57 Å². The lowest BCUT2D eigenvalue weighted by molar-refractivity contribution is 0.101. The molecule has 0 amide bonds. The van der Waals surface area contributed by atoms with Crippen LogP contribution in [0.15, 0.2) is 35.3 Å². The Morgan fingerprint density at radius 2 is 2.03 bits per heavy atom. The van der Waals surface area contributed by atoms with Crippen molar-refractivity contribution in [3.8, 4) is 5.75 Å². The molecule has 2 heterocycles. The first-order valence-corrected chi connectivity index (χ1v) is 12.5. The molecule has 0 saturated heterocycles. The maximum absolute atomic E-state index is 15.7. The van der Waals surface area contributed by atoms with Crippen molar-refractivity contribution in [3.63, 3.8) is 0 Å². The second-order valence-electron chi connectivity index (χ2n) is 9.85. The standard InChI is InChI=1S/C27H29ClFN3O3/c1-15(9-10-17-7-3-4-8-19(17)28)31-23-21(29)22(30)20-24-26(23)35-14-27(11-5-6-12-27)32(24)13-18(16(2)33)25(20)34/h3-4,7-8,13,15,31H,5-6,9-12,14,30H2,1-2H3. The van der Waals surface area contributed by atoms with Gasteiger partial charge >= 0.3 is 0 Å². The van der Waals surface area contributed by atoms with E-state index in [0.29, 0.717) is 30.0 Å². The number of rotatable bonds is 6. The molecule has 1 unspecified atom stereocenters. The molecule has 1 aromatic heterocycles. The Morgan fingerprint density at radius 1 is 1.31 bits per heavy atom. The van der Waals surface area contributed by atoms with Gasteiger partial charge in [-0.2, -0.15) is 0 Å². The molecule has 8 heteroatoms. The largest absolute Gasteiger partial charge is 0.487 e. The van der Waals surface area contributed by atoms with Gasteiger partial charge in [-0.3, -0.25) is 9.59 Å². The number of nitrogens with zero attached hydrogens (tertiary/aromatic N) is 1. The van der Waals surface area contributed by atoms with Gasteiger partial charge in [-0.1, -0.05) is 42.6 Å². The number of anilines is 2. The number of hydrogen-bond acceptors (Lipinski definition) is 5. The Hall–Kier alpha value is -3.06. The zero-order chi connectivity index (χ0) is 24.9. The van der Waals surface area contributed by atoms with E-state index in [1.807, 2.05) is 35.8 Å². The number of ketones is 1. The summed E-state index contributed by atoms with van der Waals surface area (Å²) in [5, 5.41) is 3.96. The lowest BCUT2D eigenvalue weighted by atomic mass is 9.93. The molecule has 5 rings (SSSR count). The normalized spacial score (nSPS) is 16.9. The van der Waals surface area contributed by atoms with E-state index >= 15 is 4.39 Å². The van der Waals surface area contributed by atoms with Crippen LogP contribution >= 0.6 is 11.6 Å². The zero-order valence-corrected chi connectivity index (χ0v) is 20.7. The Labute approximate surface area is 208 Å². The number of aryl methyl sites for hydroxylation is 1. The van der Waals surface area contributed by atoms with Crippen LogP contribution in [0.25, 0.3) is 10.9 Å². The predicted molar refractivity (Wildman–Crippen MR) is 137 cm³/mol. The molecule has 2 aliphatic rings. The fourth-order valence-electron chi connectivity index (χ4n) is 5.53. The summed E-state index contributed by atoms with van der Waals surface area (Å²) in [6.07, 6.45) is 6.79. The van der Waals surface area contributed by atoms with Crippen molar-refractivity contribution < 1.29 is 13.9 Å². The third-order valence-corrected chi connectivity index (χ3v) is 7.85. The van der Waals surface area contributed by atoms with Crippen molar-refractivity contribution in [2.45, 2.75) is 64.0 Å². The highest BCUT2D eigenvalue weighted by Gasteiger charge is 2.43. The molecular formula is C27H29ClFN3O3. The number of carbonyl (C=O) groups excluding carboxylic acids is 1. The van der Waals surface area contributed by atoms with Crippen molar-refractivity contribution in [2.75, 3.05) is 17.7 Å². The van der Waals surface area contributed by atoms with Crippen LogP contribution in [0.2, 0.25) is 5.02 Å². The molecule has 3 aromatic rings. The average Bonchev–Trinajstić information content (AvgIpc) is 3.30. The number of halogens is 2. The summed E-state index contributed by atoms with van der Waals surface area (Å²) in [6, 6.07) is 7.52. The number of pyridine rings is 1. The number of nitrogens with two attached hydrogens (primary N) is 1. The molecule has 0 radical (unpaired) electrons. The van der Waals surface area contributed by atoms with Gasteiger partial charge in [0.05, 0.1) is 27.7 Å². The highest BCUT2D eigenvalue weighted by Crippen LogP contribution is 2.49. The van der Waals surface area contributed by atoms with Crippen molar-refractivity contribution >= 4 is 39.7 Å². The quantitative estimate of drug-likeness (QED) is 0.338. The molecule has 1 aliphatic carbocycles. The van der Waals surface area contributed by atoms with Crippen LogP contribution in [0.5, 0.6) is 5.75 Å². The van der Waals surface area contributed by atoms with Crippen LogP contribution in [0.1, 0.15) is 61.9 Å². The topological polar surface area (TPSA) is 86.4 Å². The van der Waals surface area contributed by atoms with Gasteiger partial charge in [0, 0.05) is 17.3 Å². The molecule has 1 saturated carbocycles. The van der Waals surface area contributed by atoms with E-state index in [2.05, 4.69) is 5.32 Å². The predicted octanol–water partition coefficient (Wildman–Crippen LogP) is 5.67. The molecule has 184 valence electrons. The summed E-state index contributed by atoms with van der Waals surface area (Å²) in [4.78, 5) is 25.6. The number of nitrogens with one attached hydrogen (secondary N) is 1. The van der Waals surface area contributed by atoms with Gasteiger partial charge in [-0.05, 0) is 51.2 Å². The van der Waals surface area contributed by atoms with Crippen LogP contribution in [-0.4, -0.2) is 23.0 Å². The second-order valence-corrected chi connectivity index (χ2v) is 10.3. The smallest absolute Gasteiger partial charge is 0.202 e. The molecule has 6 nitrogen and oxygen atoms in total. The Morgan fingerprint density at radius 3 is 2.71 bits per heavy atom. The molecule has 35 heavy (non-hydrogen) atoms. The monoisotopic (exact) mass is 497 g/mol. The van der Waals surface area contributed by atoms with Gasteiger partial charge in [0.1, 0.15) is 12.3 Å². The molecule has 0 bridgehead atoms. The first-order valence-electron chi connectivity index (χ1n) is 12.1. The molecule has 1 spiro atoms. The third kappa shape index (κ3) is 3.86. The molecule has 2 aromatic carbocycles. The number of aromatic nitrogens is 1. The number of ether oxygens (including phenoxy) is 1. The number of Topliss-reactive ketones (excluding diaryl/α,β-unsaturated/α-hetero) is 1. The molecule has 1 aliphatic heterocycles. The van der Waals surface area contributed by atoms with Gasteiger partial charge in [0.25, 0.3) is 0 Å². The molecular weight excluding hydrogens is 469 g/mol. The van der Waals surface area contributed by atoms with Crippen LogP contribution in [0.4, 0.5) is 15.8 Å². The van der Waals surface area contributed by atoms with Crippen molar-refractivity contribution in [1.29, 1.82) is 0 Å². The maximum Gasteiger partial charge on any atom is 0.202 e. The highest BCUT2D eigenvalue weighted by atomic mass is 35.5. The SMILES string of the molecule is CC(=O)c1cn2c3c(c(NC(C)CCc4ccccc4Cl)c(F)c(N)c3c1=O)OCC21CCCC1. The van der Waals surface area contributed by atoms with Crippen LogP contribution in [0.3, 0.4) is 0 Å². The summed E-state index contributed by atoms with van der Waals surface area (Å²) in [7, 11) is 0. The van der Waals surface area contributed by atoms with E-state index in [4.69, 9.17) is 22.1 Å². The van der Waals surface area contributed by atoms with Gasteiger partial charge < -0.3 is 20.4 Å². The number of carbonyl (C=O) groups is 1. The molecule has 1 atom stereocenters. The minimum absolute atomic E-state index is 0.0189. The average molecular weight is 498 g/mol. The number of benzene rings is 2. The summed E-state index contributed by atoms with van der Waals surface area (Å²) >= 11 is 6.29. The lowest BCUT2D eigenvalue weighted by Gasteiger charge is -2.39.